The van der Waals surface area contributed by atoms with Crippen molar-refractivity contribution in [3.63, 3.8) is 0 Å². The average Bonchev–Trinajstić information content (AvgIpc) is 2.90. The molecule has 0 unspecified atom stereocenters. The molecule has 3 saturated carbocycles. The Labute approximate surface area is 121 Å². The van der Waals surface area contributed by atoms with Crippen LogP contribution in [0.25, 0.3) is 16.6 Å². The number of rotatable bonds is 2. The van der Waals surface area contributed by atoms with Gasteiger partial charge < -0.3 is 0 Å². The zero-order valence-electron chi connectivity index (χ0n) is 10.8. The van der Waals surface area contributed by atoms with Crippen LogP contribution < -0.4 is 0 Å². The molecule has 3 aliphatic rings. The Morgan fingerprint density at radius 3 is 2.75 bits per heavy atom. The van der Waals surface area contributed by atoms with Gasteiger partial charge in [0, 0.05) is 10.4 Å². The minimum absolute atomic E-state index is 0.329. The zero-order chi connectivity index (χ0) is 13.3. The van der Waals surface area contributed by atoms with Crippen molar-refractivity contribution in [2.75, 3.05) is 0 Å². The molecule has 2 aromatic heterocycles. The molecule has 2 bridgehead atoms. The van der Waals surface area contributed by atoms with Crippen LogP contribution in [0.1, 0.15) is 19.3 Å². The summed E-state index contributed by atoms with van der Waals surface area (Å²) >= 11 is 6.02. The first-order valence-electron chi connectivity index (χ1n) is 6.92. The fourth-order valence-electron chi connectivity index (χ4n) is 3.60. The van der Waals surface area contributed by atoms with Crippen molar-refractivity contribution >= 4 is 22.5 Å². The molecule has 0 N–H and O–H groups in total. The summed E-state index contributed by atoms with van der Waals surface area (Å²) in [5, 5.41) is 10.8. The molecule has 20 heavy (non-hydrogen) atoms. The second-order valence-corrected chi connectivity index (χ2v) is 6.54. The van der Waals surface area contributed by atoms with Gasteiger partial charge in [-0.05, 0) is 43.4 Å². The first-order valence-corrected chi connectivity index (χ1v) is 7.30. The van der Waals surface area contributed by atoms with Gasteiger partial charge in [-0.1, -0.05) is 11.6 Å². The van der Waals surface area contributed by atoms with E-state index in [-0.39, 0.29) is 0 Å². The van der Waals surface area contributed by atoms with Gasteiger partial charge in [-0.25, -0.2) is 4.68 Å². The van der Waals surface area contributed by atoms with Gasteiger partial charge in [-0.3, -0.25) is 4.68 Å². The quantitative estimate of drug-likeness (QED) is 0.723. The van der Waals surface area contributed by atoms with Crippen LogP contribution in [0.5, 0.6) is 0 Å². The first kappa shape index (κ1) is 10.9. The second-order valence-electron chi connectivity index (χ2n) is 6.11. The molecule has 3 aromatic rings. The van der Waals surface area contributed by atoms with Crippen LogP contribution in [-0.2, 0) is 5.54 Å². The second kappa shape index (κ2) is 3.44. The molecular formula is C15H13ClN4. The van der Waals surface area contributed by atoms with Crippen molar-refractivity contribution in [1.29, 1.82) is 0 Å². The van der Waals surface area contributed by atoms with E-state index in [4.69, 9.17) is 11.6 Å². The van der Waals surface area contributed by atoms with Crippen molar-refractivity contribution in [2.24, 2.45) is 5.92 Å². The SMILES string of the molecule is Clc1ccc2c(cnn2-c2cnn(C34CC(C3)C4)c2)c1. The van der Waals surface area contributed by atoms with E-state index in [1.165, 1.54) is 19.3 Å². The van der Waals surface area contributed by atoms with Crippen LogP contribution >= 0.6 is 11.6 Å². The average molecular weight is 285 g/mol. The van der Waals surface area contributed by atoms with E-state index >= 15 is 0 Å². The van der Waals surface area contributed by atoms with Crippen LogP contribution in [-0.4, -0.2) is 19.6 Å². The maximum Gasteiger partial charge on any atom is 0.103 e. The van der Waals surface area contributed by atoms with Crippen LogP contribution in [0.3, 0.4) is 0 Å². The van der Waals surface area contributed by atoms with Gasteiger partial charge in [0.1, 0.15) is 5.69 Å². The summed E-state index contributed by atoms with van der Waals surface area (Å²) in [5.74, 6) is 0.954. The maximum atomic E-state index is 6.02. The van der Waals surface area contributed by atoms with Gasteiger partial charge in [-0.15, -0.1) is 0 Å². The summed E-state index contributed by atoms with van der Waals surface area (Å²) in [5.41, 5.74) is 2.41. The molecule has 0 aliphatic heterocycles. The monoisotopic (exact) mass is 284 g/mol. The summed E-state index contributed by atoms with van der Waals surface area (Å²) < 4.78 is 4.08. The third-order valence-electron chi connectivity index (χ3n) is 4.84. The molecule has 2 heterocycles. The van der Waals surface area contributed by atoms with Gasteiger partial charge in [0.2, 0.25) is 0 Å². The van der Waals surface area contributed by atoms with E-state index in [1.807, 2.05) is 35.3 Å². The summed E-state index contributed by atoms with van der Waals surface area (Å²) in [6.07, 6.45) is 9.76. The lowest BCUT2D eigenvalue weighted by molar-refractivity contribution is -0.0977. The lowest BCUT2D eigenvalue weighted by Crippen LogP contribution is -2.59. The summed E-state index contributed by atoms with van der Waals surface area (Å²) in [6.45, 7) is 0. The third-order valence-corrected chi connectivity index (χ3v) is 5.07. The van der Waals surface area contributed by atoms with E-state index in [0.717, 1.165) is 27.5 Å². The van der Waals surface area contributed by atoms with Gasteiger partial charge in [-0.2, -0.15) is 10.2 Å². The van der Waals surface area contributed by atoms with E-state index in [9.17, 15) is 0 Å². The topological polar surface area (TPSA) is 35.6 Å². The third kappa shape index (κ3) is 1.27. The summed E-state index contributed by atoms with van der Waals surface area (Å²) in [7, 11) is 0. The van der Waals surface area contributed by atoms with Crippen LogP contribution in [0, 0.1) is 5.92 Å². The van der Waals surface area contributed by atoms with Gasteiger partial charge >= 0.3 is 0 Å². The summed E-state index contributed by atoms with van der Waals surface area (Å²) in [6, 6.07) is 5.84. The number of aromatic nitrogens is 4. The molecule has 3 fully saturated rings. The van der Waals surface area contributed by atoms with Crippen LogP contribution in [0.15, 0.2) is 36.8 Å². The molecule has 100 valence electrons. The van der Waals surface area contributed by atoms with E-state index < -0.39 is 0 Å². The molecule has 0 atom stereocenters. The number of hydrogen-bond acceptors (Lipinski definition) is 2. The van der Waals surface area contributed by atoms with Gasteiger partial charge in [0.15, 0.2) is 0 Å². The number of halogens is 1. The molecule has 6 rings (SSSR count). The Kier molecular flexibility index (Phi) is 1.88. The standard InChI is InChI=1S/C15H13ClN4/c16-12-1-2-14-11(3-12)7-18-20(14)13-8-17-19(9-13)15-4-10(5-15)6-15/h1-3,7-10H,4-6H2. The predicted molar refractivity (Wildman–Crippen MR) is 77.2 cm³/mol. The highest BCUT2D eigenvalue weighted by Gasteiger charge is 2.58. The maximum absolute atomic E-state index is 6.02. The lowest BCUT2D eigenvalue weighted by Gasteiger charge is -2.61. The van der Waals surface area contributed by atoms with Crippen molar-refractivity contribution < 1.29 is 0 Å². The first-order chi connectivity index (χ1) is 9.73. The summed E-state index contributed by atoms with van der Waals surface area (Å²) in [4.78, 5) is 0. The highest BCUT2D eigenvalue weighted by molar-refractivity contribution is 6.31. The number of nitrogens with zero attached hydrogens (tertiary/aromatic N) is 4. The molecule has 4 nitrogen and oxygen atoms in total. The predicted octanol–water partition coefficient (Wildman–Crippen LogP) is 3.38. The fraction of sp³-hybridized carbons (Fsp3) is 0.333. The Balaban J connectivity index is 1.61. The Morgan fingerprint density at radius 2 is 2.00 bits per heavy atom. The molecule has 0 saturated heterocycles. The van der Waals surface area contributed by atoms with Crippen molar-refractivity contribution in [1.82, 2.24) is 19.6 Å². The Bertz CT molecular complexity index is 814. The van der Waals surface area contributed by atoms with Gasteiger partial charge in [0.25, 0.3) is 0 Å². The molecule has 3 aliphatic carbocycles. The molecule has 0 amide bonds. The van der Waals surface area contributed by atoms with Crippen molar-refractivity contribution in [3.8, 4) is 5.69 Å². The van der Waals surface area contributed by atoms with Crippen LogP contribution in [0.2, 0.25) is 5.02 Å². The minimum Gasteiger partial charge on any atom is -0.264 e. The van der Waals surface area contributed by atoms with Crippen LogP contribution in [0.4, 0.5) is 0 Å². The molecule has 0 radical (unpaired) electrons. The van der Waals surface area contributed by atoms with Crippen molar-refractivity contribution in [3.05, 3.63) is 41.8 Å². The molecular weight excluding hydrogens is 272 g/mol. The largest absolute Gasteiger partial charge is 0.264 e. The molecule has 1 aromatic carbocycles. The Hall–Kier alpha value is -1.81. The van der Waals surface area contributed by atoms with Crippen molar-refractivity contribution in [2.45, 2.75) is 24.8 Å². The smallest absolute Gasteiger partial charge is 0.103 e. The lowest BCUT2D eigenvalue weighted by atomic mass is 9.50. The number of benzene rings is 1. The Morgan fingerprint density at radius 1 is 1.15 bits per heavy atom. The molecule has 0 spiro atoms. The normalized spacial score (nSPS) is 27.4. The number of fused-ring (bicyclic) bond motifs is 1. The van der Waals surface area contributed by atoms with E-state index in [2.05, 4.69) is 21.1 Å². The number of hydrogen-bond donors (Lipinski definition) is 0. The zero-order valence-corrected chi connectivity index (χ0v) is 11.6. The minimum atomic E-state index is 0.329. The highest BCUT2D eigenvalue weighted by atomic mass is 35.5. The highest BCUT2D eigenvalue weighted by Crippen LogP contribution is 2.62. The van der Waals surface area contributed by atoms with Gasteiger partial charge in [0.05, 0.1) is 29.6 Å². The van der Waals surface area contributed by atoms with E-state index in [1.54, 1.807) is 0 Å². The van der Waals surface area contributed by atoms with E-state index in [0.29, 0.717) is 5.54 Å². The molecule has 5 heteroatoms. The fourth-order valence-corrected chi connectivity index (χ4v) is 3.79.